The molecule has 0 bridgehead atoms. The normalized spacial score (nSPS) is 15.3. The molecule has 16 heavy (non-hydrogen) atoms. The van der Waals surface area contributed by atoms with Crippen LogP contribution in [0.15, 0.2) is 18.3 Å². The van der Waals surface area contributed by atoms with E-state index in [1.807, 2.05) is 6.07 Å². The van der Waals surface area contributed by atoms with E-state index in [-0.39, 0.29) is 5.91 Å². The lowest BCUT2D eigenvalue weighted by Crippen LogP contribution is -2.22. The molecule has 1 aromatic heterocycles. The highest BCUT2D eigenvalue weighted by Crippen LogP contribution is 2.26. The van der Waals surface area contributed by atoms with Gasteiger partial charge in [-0.1, -0.05) is 6.42 Å². The average molecular weight is 219 g/mol. The predicted octanol–water partition coefficient (Wildman–Crippen LogP) is 1.65. The van der Waals surface area contributed by atoms with E-state index in [1.165, 1.54) is 19.3 Å². The number of aromatic nitrogens is 1. The molecule has 2 N–H and O–H groups in total. The van der Waals surface area contributed by atoms with Gasteiger partial charge < -0.3 is 10.6 Å². The summed E-state index contributed by atoms with van der Waals surface area (Å²) in [6, 6.07) is 3.68. The molecule has 1 aliphatic carbocycles. The van der Waals surface area contributed by atoms with Crippen LogP contribution in [-0.4, -0.2) is 24.5 Å². The first-order valence-corrected chi connectivity index (χ1v) is 5.71. The third-order valence-corrected chi connectivity index (χ3v) is 3.04. The van der Waals surface area contributed by atoms with Crippen molar-refractivity contribution < 1.29 is 4.79 Å². The Kier molecular flexibility index (Phi) is 3.39. The number of nitrogens with one attached hydrogen (secondary N) is 2. The largest absolute Gasteiger partial charge is 0.385 e. The molecule has 0 atom stereocenters. The summed E-state index contributed by atoms with van der Waals surface area (Å²) >= 11 is 0. The van der Waals surface area contributed by atoms with Crippen LogP contribution in [0.25, 0.3) is 0 Å². The van der Waals surface area contributed by atoms with Crippen LogP contribution in [0.5, 0.6) is 0 Å². The van der Waals surface area contributed by atoms with Crippen molar-refractivity contribution in [1.82, 2.24) is 10.3 Å². The van der Waals surface area contributed by atoms with E-state index in [2.05, 4.69) is 15.6 Å². The second-order valence-corrected chi connectivity index (χ2v) is 4.19. The van der Waals surface area contributed by atoms with E-state index in [4.69, 9.17) is 0 Å². The first kappa shape index (κ1) is 10.9. The first-order chi connectivity index (χ1) is 7.79. The van der Waals surface area contributed by atoms with Gasteiger partial charge in [-0.25, -0.2) is 0 Å². The fourth-order valence-electron chi connectivity index (χ4n) is 1.75. The fraction of sp³-hybridized carbons (Fsp3) is 0.500. The van der Waals surface area contributed by atoms with Crippen LogP contribution in [0.2, 0.25) is 0 Å². The summed E-state index contributed by atoms with van der Waals surface area (Å²) in [5.74, 6) is 0.656. The Balaban J connectivity index is 1.95. The van der Waals surface area contributed by atoms with E-state index in [1.54, 1.807) is 19.3 Å². The summed E-state index contributed by atoms with van der Waals surface area (Å²) in [5, 5.41) is 5.91. The molecule has 1 amide bonds. The molecule has 0 aromatic carbocycles. The van der Waals surface area contributed by atoms with E-state index in [0.717, 1.165) is 18.2 Å². The van der Waals surface area contributed by atoms with Gasteiger partial charge >= 0.3 is 0 Å². The van der Waals surface area contributed by atoms with E-state index in [9.17, 15) is 4.79 Å². The van der Waals surface area contributed by atoms with Gasteiger partial charge in [0.15, 0.2) is 0 Å². The van der Waals surface area contributed by atoms with Gasteiger partial charge in [0, 0.05) is 25.5 Å². The van der Waals surface area contributed by atoms with Crippen molar-refractivity contribution in [3.63, 3.8) is 0 Å². The predicted molar refractivity (Wildman–Crippen MR) is 63.5 cm³/mol. The van der Waals surface area contributed by atoms with Crippen LogP contribution < -0.4 is 10.6 Å². The Labute approximate surface area is 95.5 Å². The summed E-state index contributed by atoms with van der Waals surface area (Å²) in [5.41, 5.74) is 1.43. The molecule has 4 heteroatoms. The van der Waals surface area contributed by atoms with Gasteiger partial charge in [-0.15, -0.1) is 0 Å². The molecule has 0 unspecified atom stereocenters. The van der Waals surface area contributed by atoms with Gasteiger partial charge in [0.05, 0.1) is 0 Å². The molecule has 0 spiro atoms. The number of amides is 1. The summed E-state index contributed by atoms with van der Waals surface area (Å²) in [4.78, 5) is 15.4. The number of hydrogen-bond acceptors (Lipinski definition) is 3. The number of anilines is 1. The zero-order valence-electron chi connectivity index (χ0n) is 9.49. The van der Waals surface area contributed by atoms with Gasteiger partial charge in [0.25, 0.3) is 5.91 Å². The highest BCUT2D eigenvalue weighted by Gasteiger charge is 2.16. The van der Waals surface area contributed by atoms with Crippen molar-refractivity contribution in [2.75, 3.05) is 18.9 Å². The minimum absolute atomic E-state index is 0.146. The summed E-state index contributed by atoms with van der Waals surface area (Å²) < 4.78 is 0. The zero-order chi connectivity index (χ0) is 11.4. The van der Waals surface area contributed by atoms with Gasteiger partial charge in [-0.2, -0.15) is 0 Å². The Morgan fingerprint density at radius 2 is 2.38 bits per heavy atom. The fourth-order valence-corrected chi connectivity index (χ4v) is 1.75. The smallest absolute Gasteiger partial charge is 0.269 e. The molecule has 0 radical (unpaired) electrons. The van der Waals surface area contributed by atoms with Gasteiger partial charge in [0.2, 0.25) is 0 Å². The third-order valence-electron chi connectivity index (χ3n) is 3.04. The van der Waals surface area contributed by atoms with Crippen molar-refractivity contribution >= 4 is 11.6 Å². The van der Waals surface area contributed by atoms with Crippen molar-refractivity contribution in [1.29, 1.82) is 0 Å². The quantitative estimate of drug-likeness (QED) is 0.809. The Morgan fingerprint density at radius 1 is 1.56 bits per heavy atom. The van der Waals surface area contributed by atoms with Crippen LogP contribution >= 0.6 is 0 Å². The van der Waals surface area contributed by atoms with Crippen molar-refractivity contribution in [3.8, 4) is 0 Å². The molecule has 1 saturated carbocycles. The SMILES string of the molecule is CNC(=O)c1cc(NCC2CCC2)ccn1. The second kappa shape index (κ2) is 4.96. The molecular weight excluding hydrogens is 202 g/mol. The molecule has 1 heterocycles. The van der Waals surface area contributed by atoms with Gasteiger partial charge in [-0.05, 0) is 30.9 Å². The molecule has 4 nitrogen and oxygen atoms in total. The standard InChI is InChI=1S/C12H17N3O/c1-13-12(16)11-7-10(5-6-14-11)15-8-9-3-2-4-9/h5-7,9H,2-4,8H2,1H3,(H,13,16)(H,14,15). The van der Waals surface area contributed by atoms with Crippen molar-refractivity contribution in [2.24, 2.45) is 5.92 Å². The van der Waals surface area contributed by atoms with Gasteiger partial charge in [-0.3, -0.25) is 9.78 Å². The van der Waals surface area contributed by atoms with E-state index < -0.39 is 0 Å². The Hall–Kier alpha value is -1.58. The monoisotopic (exact) mass is 219 g/mol. The van der Waals surface area contributed by atoms with Crippen LogP contribution in [0.4, 0.5) is 5.69 Å². The molecule has 0 aliphatic heterocycles. The minimum Gasteiger partial charge on any atom is -0.385 e. The number of rotatable bonds is 4. The van der Waals surface area contributed by atoms with Crippen LogP contribution in [0.1, 0.15) is 29.8 Å². The highest BCUT2D eigenvalue weighted by molar-refractivity contribution is 5.92. The molecular formula is C12H17N3O. The molecule has 1 aromatic rings. The average Bonchev–Trinajstić information content (AvgIpc) is 2.26. The number of carbonyl (C=O) groups excluding carboxylic acids is 1. The summed E-state index contributed by atoms with van der Waals surface area (Å²) in [6.07, 6.45) is 5.65. The zero-order valence-corrected chi connectivity index (χ0v) is 9.49. The lowest BCUT2D eigenvalue weighted by molar-refractivity contribution is 0.0958. The first-order valence-electron chi connectivity index (χ1n) is 5.71. The maximum atomic E-state index is 11.4. The minimum atomic E-state index is -0.146. The lowest BCUT2D eigenvalue weighted by Gasteiger charge is -2.25. The Morgan fingerprint density at radius 3 is 3.00 bits per heavy atom. The van der Waals surface area contributed by atoms with Crippen molar-refractivity contribution in [2.45, 2.75) is 19.3 Å². The third kappa shape index (κ3) is 2.51. The summed E-state index contributed by atoms with van der Waals surface area (Å²) in [7, 11) is 1.61. The van der Waals surface area contributed by atoms with Crippen LogP contribution in [0, 0.1) is 5.92 Å². The van der Waals surface area contributed by atoms with Crippen molar-refractivity contribution in [3.05, 3.63) is 24.0 Å². The maximum Gasteiger partial charge on any atom is 0.269 e. The van der Waals surface area contributed by atoms with Crippen LogP contribution in [-0.2, 0) is 0 Å². The maximum absolute atomic E-state index is 11.4. The molecule has 2 rings (SSSR count). The summed E-state index contributed by atoms with van der Waals surface area (Å²) in [6.45, 7) is 0.997. The number of carbonyl (C=O) groups is 1. The Bertz CT molecular complexity index is 374. The number of pyridine rings is 1. The number of hydrogen-bond donors (Lipinski definition) is 2. The highest BCUT2D eigenvalue weighted by atomic mass is 16.1. The topological polar surface area (TPSA) is 54.0 Å². The lowest BCUT2D eigenvalue weighted by atomic mass is 9.85. The molecule has 86 valence electrons. The molecule has 1 aliphatic rings. The van der Waals surface area contributed by atoms with Crippen LogP contribution in [0.3, 0.4) is 0 Å². The second-order valence-electron chi connectivity index (χ2n) is 4.19. The molecule has 0 saturated heterocycles. The van der Waals surface area contributed by atoms with E-state index >= 15 is 0 Å². The van der Waals surface area contributed by atoms with E-state index in [0.29, 0.717) is 5.69 Å². The van der Waals surface area contributed by atoms with Gasteiger partial charge in [0.1, 0.15) is 5.69 Å². The number of nitrogens with zero attached hydrogens (tertiary/aromatic N) is 1. The molecule has 1 fully saturated rings.